The van der Waals surface area contributed by atoms with Gasteiger partial charge in [0.25, 0.3) is 0 Å². The maximum Gasteiger partial charge on any atom is 0.326 e. The van der Waals surface area contributed by atoms with Crippen molar-refractivity contribution in [3.63, 3.8) is 0 Å². The Morgan fingerprint density at radius 1 is 1.45 bits per heavy atom. The zero-order valence-electron chi connectivity index (χ0n) is 11.4. The highest BCUT2D eigenvalue weighted by atomic mass is 16.5. The van der Waals surface area contributed by atoms with Gasteiger partial charge in [0.2, 0.25) is 0 Å². The molecule has 1 saturated heterocycles. The summed E-state index contributed by atoms with van der Waals surface area (Å²) < 4.78 is 9.58. The normalized spacial score (nSPS) is 19.1. The number of urea groups is 1. The third-order valence-corrected chi connectivity index (χ3v) is 3.06. The summed E-state index contributed by atoms with van der Waals surface area (Å²) in [4.78, 5) is 33.5. The summed E-state index contributed by atoms with van der Waals surface area (Å²) in [6, 6.07) is -1.91. The lowest BCUT2D eigenvalue weighted by atomic mass is 10.1. The van der Waals surface area contributed by atoms with Crippen LogP contribution in [0.15, 0.2) is 0 Å². The van der Waals surface area contributed by atoms with E-state index in [1.165, 1.54) is 0 Å². The molecule has 2 amide bonds. The van der Waals surface area contributed by atoms with Gasteiger partial charge < -0.3 is 25.2 Å². The Hall–Kier alpha value is -1.83. The smallest absolute Gasteiger partial charge is 0.326 e. The Balaban J connectivity index is 2.26. The summed E-state index contributed by atoms with van der Waals surface area (Å²) in [5.74, 6) is -1.55. The number of carboxylic acid groups (broad SMARTS) is 1. The SMILES string of the molecule is COC(=O)C[C@H](NC(=O)NCCC1CCOC1)C(=O)O. The van der Waals surface area contributed by atoms with Crippen LogP contribution in [0, 0.1) is 5.92 Å². The molecule has 0 spiro atoms. The maximum atomic E-state index is 11.5. The van der Waals surface area contributed by atoms with Crippen LogP contribution in [0.5, 0.6) is 0 Å². The zero-order valence-corrected chi connectivity index (χ0v) is 11.4. The first-order chi connectivity index (χ1) is 9.52. The second-order valence-electron chi connectivity index (χ2n) is 4.59. The van der Waals surface area contributed by atoms with Gasteiger partial charge in [0.15, 0.2) is 0 Å². The van der Waals surface area contributed by atoms with Gasteiger partial charge in [0, 0.05) is 19.8 Å². The van der Waals surface area contributed by atoms with E-state index in [1.54, 1.807) is 0 Å². The van der Waals surface area contributed by atoms with Gasteiger partial charge >= 0.3 is 18.0 Å². The standard InChI is InChI=1S/C12H20N2O6/c1-19-10(15)6-9(11(16)17)14-12(18)13-4-2-8-3-5-20-7-8/h8-9H,2-7H2,1H3,(H,16,17)(H2,13,14,18)/t8?,9-/m0/s1. The van der Waals surface area contributed by atoms with Crippen LogP contribution in [0.4, 0.5) is 4.79 Å². The fraction of sp³-hybridized carbons (Fsp3) is 0.750. The number of esters is 1. The molecule has 8 nitrogen and oxygen atoms in total. The molecule has 1 aliphatic rings. The zero-order chi connectivity index (χ0) is 15.0. The summed E-state index contributed by atoms with van der Waals surface area (Å²) in [7, 11) is 1.16. The van der Waals surface area contributed by atoms with Crippen molar-refractivity contribution >= 4 is 18.0 Å². The van der Waals surface area contributed by atoms with Crippen LogP contribution in [-0.4, -0.2) is 56.0 Å². The van der Waals surface area contributed by atoms with Crippen molar-refractivity contribution in [2.24, 2.45) is 5.92 Å². The highest BCUT2D eigenvalue weighted by molar-refractivity contribution is 5.86. The molecule has 0 aliphatic carbocycles. The van der Waals surface area contributed by atoms with Crippen LogP contribution in [0.2, 0.25) is 0 Å². The summed E-state index contributed by atoms with van der Waals surface area (Å²) in [5, 5.41) is 13.7. The van der Waals surface area contributed by atoms with Crippen LogP contribution < -0.4 is 10.6 Å². The van der Waals surface area contributed by atoms with E-state index in [0.29, 0.717) is 19.1 Å². The molecule has 0 aromatic carbocycles. The molecule has 3 N–H and O–H groups in total. The molecule has 0 aromatic heterocycles. The van der Waals surface area contributed by atoms with Gasteiger partial charge in [-0.25, -0.2) is 9.59 Å². The summed E-state index contributed by atoms with van der Waals surface area (Å²) >= 11 is 0. The number of aliphatic carboxylic acids is 1. The Kier molecular flexibility index (Phi) is 6.78. The van der Waals surface area contributed by atoms with E-state index in [4.69, 9.17) is 9.84 Å². The van der Waals surface area contributed by atoms with Crippen molar-refractivity contribution in [1.29, 1.82) is 0 Å². The molecular formula is C12H20N2O6. The first-order valence-electron chi connectivity index (χ1n) is 6.44. The number of hydrogen-bond acceptors (Lipinski definition) is 5. The van der Waals surface area contributed by atoms with Gasteiger partial charge in [-0.15, -0.1) is 0 Å². The fourth-order valence-electron chi connectivity index (χ4n) is 1.86. The topological polar surface area (TPSA) is 114 Å². The van der Waals surface area contributed by atoms with Crippen molar-refractivity contribution in [3.8, 4) is 0 Å². The molecule has 0 radical (unpaired) electrons. The molecule has 20 heavy (non-hydrogen) atoms. The molecule has 1 heterocycles. The average molecular weight is 288 g/mol. The van der Waals surface area contributed by atoms with E-state index in [1.807, 2.05) is 0 Å². The summed E-state index contributed by atoms with van der Waals surface area (Å²) in [6.07, 6.45) is 1.35. The lowest BCUT2D eigenvalue weighted by molar-refractivity contribution is -0.147. The molecular weight excluding hydrogens is 268 g/mol. The fourth-order valence-corrected chi connectivity index (χ4v) is 1.86. The summed E-state index contributed by atoms with van der Waals surface area (Å²) in [5.41, 5.74) is 0. The van der Waals surface area contributed by atoms with Gasteiger partial charge in [0.1, 0.15) is 6.04 Å². The van der Waals surface area contributed by atoms with Crippen molar-refractivity contribution < 1.29 is 29.0 Å². The van der Waals surface area contributed by atoms with E-state index < -0.39 is 30.4 Å². The van der Waals surface area contributed by atoms with Gasteiger partial charge in [-0.3, -0.25) is 4.79 Å². The summed E-state index contributed by atoms with van der Waals surface area (Å²) in [6.45, 7) is 1.88. The molecule has 0 saturated carbocycles. The van der Waals surface area contributed by atoms with E-state index in [9.17, 15) is 14.4 Å². The Labute approximate surface area is 116 Å². The lowest BCUT2D eigenvalue weighted by Crippen LogP contribution is -2.47. The highest BCUT2D eigenvalue weighted by Gasteiger charge is 2.23. The van der Waals surface area contributed by atoms with Crippen molar-refractivity contribution in [2.45, 2.75) is 25.3 Å². The average Bonchev–Trinajstić information content (AvgIpc) is 2.90. The monoisotopic (exact) mass is 288 g/mol. The number of ether oxygens (including phenoxy) is 2. The van der Waals surface area contributed by atoms with Gasteiger partial charge in [-0.1, -0.05) is 0 Å². The molecule has 0 bridgehead atoms. The van der Waals surface area contributed by atoms with Crippen LogP contribution in [0.25, 0.3) is 0 Å². The number of hydrogen-bond donors (Lipinski definition) is 3. The number of amides is 2. The highest BCUT2D eigenvalue weighted by Crippen LogP contribution is 2.14. The number of carbonyl (C=O) groups is 3. The van der Waals surface area contributed by atoms with E-state index >= 15 is 0 Å². The second kappa shape index (κ2) is 8.36. The lowest BCUT2D eigenvalue weighted by Gasteiger charge is -2.14. The quantitative estimate of drug-likeness (QED) is 0.556. The first kappa shape index (κ1) is 16.2. The molecule has 0 aromatic rings. The Bertz CT molecular complexity index is 354. The van der Waals surface area contributed by atoms with E-state index in [-0.39, 0.29) is 0 Å². The van der Waals surface area contributed by atoms with E-state index in [0.717, 1.165) is 26.6 Å². The molecule has 2 atom stereocenters. The number of carbonyl (C=O) groups excluding carboxylic acids is 2. The number of carboxylic acids is 1. The molecule has 114 valence electrons. The van der Waals surface area contributed by atoms with Crippen molar-refractivity contribution in [2.75, 3.05) is 26.9 Å². The molecule has 8 heteroatoms. The second-order valence-corrected chi connectivity index (χ2v) is 4.59. The predicted octanol–water partition coefficient (Wildman–Crippen LogP) is -0.271. The first-order valence-corrected chi connectivity index (χ1v) is 6.44. The van der Waals surface area contributed by atoms with Crippen LogP contribution in [0.1, 0.15) is 19.3 Å². The van der Waals surface area contributed by atoms with Gasteiger partial charge in [-0.05, 0) is 18.8 Å². The third kappa shape index (κ3) is 5.87. The number of rotatable bonds is 7. The third-order valence-electron chi connectivity index (χ3n) is 3.06. The van der Waals surface area contributed by atoms with Crippen LogP contribution >= 0.6 is 0 Å². The molecule has 1 unspecified atom stereocenters. The largest absolute Gasteiger partial charge is 0.480 e. The van der Waals surface area contributed by atoms with Crippen LogP contribution in [0.3, 0.4) is 0 Å². The molecule has 1 rings (SSSR count). The maximum absolute atomic E-state index is 11.5. The Morgan fingerprint density at radius 3 is 2.75 bits per heavy atom. The van der Waals surface area contributed by atoms with E-state index in [2.05, 4.69) is 15.4 Å². The minimum absolute atomic E-state index is 0.407. The van der Waals surface area contributed by atoms with Gasteiger partial charge in [0.05, 0.1) is 13.5 Å². The number of methoxy groups -OCH3 is 1. The molecule has 1 aliphatic heterocycles. The van der Waals surface area contributed by atoms with Crippen molar-refractivity contribution in [3.05, 3.63) is 0 Å². The Morgan fingerprint density at radius 2 is 2.20 bits per heavy atom. The molecule has 1 fully saturated rings. The van der Waals surface area contributed by atoms with Crippen LogP contribution in [-0.2, 0) is 19.1 Å². The predicted molar refractivity (Wildman–Crippen MR) is 68.1 cm³/mol. The minimum atomic E-state index is -1.29. The number of nitrogens with one attached hydrogen (secondary N) is 2. The minimum Gasteiger partial charge on any atom is -0.480 e. The van der Waals surface area contributed by atoms with Crippen molar-refractivity contribution in [1.82, 2.24) is 10.6 Å². The van der Waals surface area contributed by atoms with Gasteiger partial charge in [-0.2, -0.15) is 0 Å².